The minimum absolute atomic E-state index is 0.0203. The van der Waals surface area contributed by atoms with Gasteiger partial charge in [-0.3, -0.25) is 4.79 Å². The molecule has 2 aromatic carbocycles. The van der Waals surface area contributed by atoms with Gasteiger partial charge in [0.1, 0.15) is 12.4 Å². The van der Waals surface area contributed by atoms with Crippen molar-refractivity contribution >= 4 is 39.7 Å². The smallest absolute Gasteiger partial charge is 0.210 e. The van der Waals surface area contributed by atoms with E-state index in [0.717, 1.165) is 10.0 Å². The average molecular weight is 444 g/mol. The molecule has 1 aromatic heterocycles. The number of nitrogens with one attached hydrogen (secondary N) is 1. The second-order valence-electron chi connectivity index (χ2n) is 7.13. The number of ether oxygens (including phenoxy) is 1. The van der Waals surface area contributed by atoms with E-state index in [1.165, 1.54) is 35.6 Å². The Balaban J connectivity index is 1.45. The minimum atomic E-state index is -0.667. The number of aliphatic hydroxyl groups is 1. The van der Waals surface area contributed by atoms with Crippen LogP contribution in [-0.2, 0) is 0 Å². The van der Waals surface area contributed by atoms with Crippen molar-refractivity contribution in [1.29, 1.82) is 0 Å². The lowest BCUT2D eigenvalue weighted by Crippen LogP contribution is -2.20. The SMILES string of the molecule is CC(=O)c1cccc(OC[C@H](O)CSc2nnc(Nc3ccc(C(C)C)cc3)s2)c1. The fourth-order valence-corrected chi connectivity index (χ4v) is 4.31. The van der Waals surface area contributed by atoms with Gasteiger partial charge >= 0.3 is 0 Å². The summed E-state index contributed by atoms with van der Waals surface area (Å²) in [5.41, 5.74) is 2.84. The molecule has 158 valence electrons. The zero-order chi connectivity index (χ0) is 21.5. The Kier molecular flexibility index (Phi) is 7.84. The second kappa shape index (κ2) is 10.6. The molecular formula is C22H25N3O3S2. The van der Waals surface area contributed by atoms with Crippen LogP contribution in [0.2, 0.25) is 0 Å². The lowest BCUT2D eigenvalue weighted by Gasteiger charge is -2.11. The molecule has 0 unspecified atom stereocenters. The molecule has 1 heterocycles. The highest BCUT2D eigenvalue weighted by Gasteiger charge is 2.11. The van der Waals surface area contributed by atoms with Crippen molar-refractivity contribution in [3.8, 4) is 5.75 Å². The first kappa shape index (κ1) is 22.3. The van der Waals surface area contributed by atoms with Crippen LogP contribution in [-0.4, -0.2) is 39.6 Å². The van der Waals surface area contributed by atoms with Crippen LogP contribution in [0.5, 0.6) is 5.75 Å². The highest BCUT2D eigenvalue weighted by molar-refractivity contribution is 8.01. The molecule has 0 amide bonds. The zero-order valence-corrected chi connectivity index (χ0v) is 18.8. The summed E-state index contributed by atoms with van der Waals surface area (Å²) in [5.74, 6) is 1.48. The molecule has 3 rings (SSSR count). The molecule has 30 heavy (non-hydrogen) atoms. The summed E-state index contributed by atoms with van der Waals surface area (Å²) >= 11 is 2.87. The Labute approximate surface area is 184 Å². The number of carbonyl (C=O) groups excluding carboxylic acids is 1. The van der Waals surface area contributed by atoms with Crippen molar-refractivity contribution in [2.24, 2.45) is 0 Å². The monoisotopic (exact) mass is 443 g/mol. The number of carbonyl (C=O) groups is 1. The fourth-order valence-electron chi connectivity index (χ4n) is 2.61. The first-order valence-corrected chi connectivity index (χ1v) is 11.5. The number of aromatic nitrogens is 2. The molecule has 8 heteroatoms. The van der Waals surface area contributed by atoms with E-state index >= 15 is 0 Å². The van der Waals surface area contributed by atoms with E-state index < -0.39 is 6.10 Å². The van der Waals surface area contributed by atoms with Crippen LogP contribution in [0.1, 0.15) is 42.6 Å². The van der Waals surface area contributed by atoms with Crippen molar-refractivity contribution < 1.29 is 14.6 Å². The normalized spacial score (nSPS) is 12.0. The third-order valence-corrected chi connectivity index (χ3v) is 6.43. The number of benzene rings is 2. The van der Waals surface area contributed by atoms with Crippen LogP contribution >= 0.6 is 23.1 Å². The van der Waals surface area contributed by atoms with Gasteiger partial charge in [0, 0.05) is 17.0 Å². The highest BCUT2D eigenvalue weighted by atomic mass is 32.2. The van der Waals surface area contributed by atoms with Gasteiger partial charge in [0.05, 0.1) is 6.10 Å². The maximum atomic E-state index is 11.4. The van der Waals surface area contributed by atoms with Crippen molar-refractivity contribution in [1.82, 2.24) is 10.2 Å². The topological polar surface area (TPSA) is 84.3 Å². The molecule has 0 aliphatic rings. The van der Waals surface area contributed by atoms with Gasteiger partial charge in [0.2, 0.25) is 5.13 Å². The summed E-state index contributed by atoms with van der Waals surface area (Å²) in [4.78, 5) is 11.4. The predicted molar refractivity (Wildman–Crippen MR) is 122 cm³/mol. The Morgan fingerprint density at radius 1 is 1.20 bits per heavy atom. The second-order valence-corrected chi connectivity index (χ2v) is 9.38. The van der Waals surface area contributed by atoms with E-state index in [1.54, 1.807) is 24.3 Å². The van der Waals surface area contributed by atoms with Crippen LogP contribution < -0.4 is 10.1 Å². The van der Waals surface area contributed by atoms with E-state index in [-0.39, 0.29) is 12.4 Å². The van der Waals surface area contributed by atoms with Crippen molar-refractivity contribution in [3.05, 3.63) is 59.7 Å². The van der Waals surface area contributed by atoms with E-state index in [1.807, 2.05) is 12.1 Å². The first-order valence-electron chi connectivity index (χ1n) is 9.66. The largest absolute Gasteiger partial charge is 0.491 e. The number of rotatable bonds is 10. The molecule has 0 aliphatic carbocycles. The summed E-state index contributed by atoms with van der Waals surface area (Å²) in [6, 6.07) is 15.2. The first-order chi connectivity index (χ1) is 14.4. The van der Waals surface area contributed by atoms with E-state index in [4.69, 9.17) is 4.74 Å². The maximum Gasteiger partial charge on any atom is 0.210 e. The molecule has 3 aromatic rings. The summed E-state index contributed by atoms with van der Waals surface area (Å²) in [6.45, 7) is 5.98. The number of anilines is 2. The quantitative estimate of drug-likeness (QED) is 0.331. The molecule has 6 nitrogen and oxygen atoms in total. The van der Waals surface area contributed by atoms with Gasteiger partial charge in [-0.2, -0.15) is 0 Å². The van der Waals surface area contributed by atoms with Gasteiger partial charge in [-0.05, 0) is 42.7 Å². The third kappa shape index (κ3) is 6.55. The number of nitrogens with zero attached hydrogens (tertiary/aromatic N) is 2. The summed E-state index contributed by atoms with van der Waals surface area (Å²) in [6.07, 6.45) is -0.667. The van der Waals surface area contributed by atoms with E-state index in [2.05, 4.69) is 41.5 Å². The molecule has 0 bridgehead atoms. The van der Waals surface area contributed by atoms with Crippen molar-refractivity contribution in [2.75, 3.05) is 17.7 Å². The zero-order valence-electron chi connectivity index (χ0n) is 17.2. The third-order valence-electron chi connectivity index (χ3n) is 4.32. The number of thioether (sulfide) groups is 1. The fraction of sp³-hybridized carbons (Fsp3) is 0.318. The molecule has 2 N–H and O–H groups in total. The molecule has 0 saturated heterocycles. The molecule has 0 saturated carbocycles. The van der Waals surface area contributed by atoms with Gasteiger partial charge in [0.25, 0.3) is 0 Å². The number of hydrogen-bond acceptors (Lipinski definition) is 8. The van der Waals surface area contributed by atoms with E-state index in [9.17, 15) is 9.90 Å². The van der Waals surface area contributed by atoms with Crippen LogP contribution in [0.15, 0.2) is 52.9 Å². The van der Waals surface area contributed by atoms with Crippen molar-refractivity contribution in [2.45, 2.75) is 37.1 Å². The number of Topliss-reactive ketones (excluding diaryl/α,β-unsaturated/α-hetero) is 1. The van der Waals surface area contributed by atoms with Gasteiger partial charge in [0.15, 0.2) is 10.1 Å². The van der Waals surface area contributed by atoms with Gasteiger partial charge < -0.3 is 15.2 Å². The predicted octanol–water partition coefficient (Wildman–Crippen LogP) is 5.14. The molecule has 1 atom stereocenters. The average Bonchev–Trinajstić information content (AvgIpc) is 3.18. The number of ketones is 1. The van der Waals surface area contributed by atoms with Crippen LogP contribution in [0.3, 0.4) is 0 Å². The molecular weight excluding hydrogens is 418 g/mol. The summed E-state index contributed by atoms with van der Waals surface area (Å²) in [7, 11) is 0. The molecule has 0 fully saturated rings. The van der Waals surface area contributed by atoms with Crippen molar-refractivity contribution in [3.63, 3.8) is 0 Å². The number of hydrogen-bond donors (Lipinski definition) is 2. The van der Waals surface area contributed by atoms with E-state index in [0.29, 0.717) is 28.1 Å². The van der Waals surface area contributed by atoms with Crippen LogP contribution in [0.25, 0.3) is 0 Å². The Morgan fingerprint density at radius 3 is 2.67 bits per heavy atom. The molecule has 0 spiro atoms. The van der Waals surface area contributed by atoms with Gasteiger partial charge in [-0.1, -0.05) is 61.2 Å². The van der Waals surface area contributed by atoms with Crippen LogP contribution in [0.4, 0.5) is 10.8 Å². The Hall–Kier alpha value is -2.42. The molecule has 0 radical (unpaired) electrons. The maximum absolute atomic E-state index is 11.4. The summed E-state index contributed by atoms with van der Waals surface area (Å²) in [5, 5.41) is 22.5. The summed E-state index contributed by atoms with van der Waals surface area (Å²) < 4.78 is 6.37. The highest BCUT2D eigenvalue weighted by Crippen LogP contribution is 2.28. The van der Waals surface area contributed by atoms with Crippen LogP contribution in [0, 0.1) is 0 Å². The Bertz CT molecular complexity index is 974. The van der Waals surface area contributed by atoms with Gasteiger partial charge in [-0.25, -0.2) is 0 Å². The minimum Gasteiger partial charge on any atom is -0.491 e. The number of aliphatic hydroxyl groups excluding tert-OH is 1. The van der Waals surface area contributed by atoms with Gasteiger partial charge in [-0.15, -0.1) is 10.2 Å². The lowest BCUT2D eigenvalue weighted by molar-refractivity contribution is 0.101. The molecule has 0 aliphatic heterocycles. The standard InChI is InChI=1S/C22H25N3O3S2/c1-14(2)16-7-9-18(10-8-16)23-21-24-25-22(30-21)29-13-19(27)12-28-20-6-4-5-17(11-20)15(3)26/h4-11,14,19,27H,12-13H2,1-3H3,(H,23,24)/t19-/m0/s1. The lowest BCUT2D eigenvalue weighted by atomic mass is 10.0. The Morgan fingerprint density at radius 2 is 1.97 bits per heavy atom.